The van der Waals surface area contributed by atoms with E-state index in [0.717, 1.165) is 0 Å². The summed E-state index contributed by atoms with van der Waals surface area (Å²) in [7, 11) is 0. The van der Waals surface area contributed by atoms with Gasteiger partial charge in [0.1, 0.15) is 5.60 Å². The maximum atomic E-state index is 12.5. The number of anilines is 1. The summed E-state index contributed by atoms with van der Waals surface area (Å²) in [6, 6.07) is 8.29. The third-order valence-corrected chi connectivity index (χ3v) is 3.26. The number of rotatable bonds is 3. The van der Waals surface area contributed by atoms with Gasteiger partial charge in [0, 0.05) is 10.7 Å². The molecule has 0 radical (unpaired) electrons. The van der Waals surface area contributed by atoms with Gasteiger partial charge in [-0.25, -0.2) is 4.79 Å². The van der Waals surface area contributed by atoms with Crippen molar-refractivity contribution in [1.82, 2.24) is 4.98 Å². The lowest BCUT2D eigenvalue weighted by Crippen LogP contribution is -2.26. The van der Waals surface area contributed by atoms with E-state index in [1.807, 2.05) is 0 Å². The number of aromatic nitrogens is 1. The lowest BCUT2D eigenvalue weighted by Gasteiger charge is -2.20. The molecule has 0 saturated heterocycles. The Labute approximate surface area is 143 Å². The standard InChI is InChI=1S/C17H17BrN2O3/c1-17(2,3)23-16(22)14-9-11(18)6-7-13(14)15(21)20-12-5-4-8-19-10-12/h4-10H,1-3H3,(H,20,21). The number of carbonyl (C=O) groups excluding carboxylic acids is 2. The van der Waals surface area contributed by atoms with Gasteiger partial charge in [0.15, 0.2) is 0 Å². The van der Waals surface area contributed by atoms with E-state index in [1.54, 1.807) is 57.3 Å². The molecule has 1 N–H and O–H groups in total. The van der Waals surface area contributed by atoms with Gasteiger partial charge in [-0.05, 0) is 51.1 Å². The fourth-order valence-corrected chi connectivity index (χ4v) is 2.21. The average Bonchev–Trinajstić information content (AvgIpc) is 2.46. The summed E-state index contributed by atoms with van der Waals surface area (Å²) in [5.41, 5.74) is 0.355. The number of ether oxygens (including phenoxy) is 1. The van der Waals surface area contributed by atoms with Crippen LogP contribution in [-0.4, -0.2) is 22.5 Å². The van der Waals surface area contributed by atoms with Crippen molar-refractivity contribution in [2.75, 3.05) is 5.32 Å². The molecule has 5 nitrogen and oxygen atoms in total. The number of benzene rings is 1. The molecular formula is C17H17BrN2O3. The topological polar surface area (TPSA) is 68.3 Å². The van der Waals surface area contributed by atoms with Gasteiger partial charge < -0.3 is 10.1 Å². The number of amides is 1. The molecule has 0 bridgehead atoms. The molecule has 0 aliphatic carbocycles. The zero-order chi connectivity index (χ0) is 17.0. The third-order valence-electron chi connectivity index (χ3n) is 2.76. The van der Waals surface area contributed by atoms with Crippen molar-refractivity contribution in [2.24, 2.45) is 0 Å². The molecule has 6 heteroatoms. The van der Waals surface area contributed by atoms with Crippen molar-refractivity contribution in [3.8, 4) is 0 Å². The summed E-state index contributed by atoms with van der Waals surface area (Å²) in [4.78, 5) is 28.7. The maximum absolute atomic E-state index is 12.5. The summed E-state index contributed by atoms with van der Waals surface area (Å²) in [6.45, 7) is 5.33. The van der Waals surface area contributed by atoms with Crippen LogP contribution in [0.1, 0.15) is 41.5 Å². The summed E-state index contributed by atoms with van der Waals surface area (Å²) >= 11 is 3.31. The molecule has 0 unspecified atom stereocenters. The predicted molar refractivity (Wildman–Crippen MR) is 91.5 cm³/mol. The SMILES string of the molecule is CC(C)(C)OC(=O)c1cc(Br)ccc1C(=O)Nc1cccnc1. The quantitative estimate of drug-likeness (QED) is 0.820. The summed E-state index contributed by atoms with van der Waals surface area (Å²) in [5.74, 6) is -0.943. The van der Waals surface area contributed by atoms with Crippen LogP contribution in [0.15, 0.2) is 47.2 Å². The van der Waals surface area contributed by atoms with Crippen molar-refractivity contribution in [2.45, 2.75) is 26.4 Å². The summed E-state index contributed by atoms with van der Waals surface area (Å²) < 4.78 is 6.06. The highest BCUT2D eigenvalue weighted by atomic mass is 79.9. The Morgan fingerprint density at radius 1 is 1.17 bits per heavy atom. The first-order valence-electron chi connectivity index (χ1n) is 7.00. The Morgan fingerprint density at radius 2 is 1.91 bits per heavy atom. The van der Waals surface area contributed by atoms with Gasteiger partial charge in [0.25, 0.3) is 5.91 Å². The van der Waals surface area contributed by atoms with Gasteiger partial charge in [-0.15, -0.1) is 0 Å². The van der Waals surface area contributed by atoms with Crippen LogP contribution < -0.4 is 5.32 Å². The Morgan fingerprint density at radius 3 is 2.52 bits per heavy atom. The Hall–Kier alpha value is -2.21. The number of nitrogens with one attached hydrogen (secondary N) is 1. The fraction of sp³-hybridized carbons (Fsp3) is 0.235. The van der Waals surface area contributed by atoms with Crippen LogP contribution >= 0.6 is 15.9 Å². The Bertz CT molecular complexity index is 724. The minimum atomic E-state index is -0.642. The number of hydrogen-bond acceptors (Lipinski definition) is 4. The molecule has 2 rings (SSSR count). The zero-order valence-electron chi connectivity index (χ0n) is 13.1. The van der Waals surface area contributed by atoms with Crippen molar-refractivity contribution in [3.05, 3.63) is 58.3 Å². The minimum Gasteiger partial charge on any atom is -0.456 e. The lowest BCUT2D eigenvalue weighted by atomic mass is 10.1. The van der Waals surface area contributed by atoms with Crippen LogP contribution in [0.4, 0.5) is 5.69 Å². The Kier molecular flexibility index (Phi) is 5.15. The first kappa shape index (κ1) is 17.1. The number of pyridine rings is 1. The van der Waals surface area contributed by atoms with E-state index >= 15 is 0 Å². The molecular weight excluding hydrogens is 360 g/mol. The van der Waals surface area contributed by atoms with Gasteiger partial charge in [0.05, 0.1) is 23.0 Å². The van der Waals surface area contributed by atoms with E-state index in [1.165, 1.54) is 6.20 Å². The molecule has 0 aliphatic heterocycles. The normalized spacial score (nSPS) is 11.0. The lowest BCUT2D eigenvalue weighted by molar-refractivity contribution is 0.00678. The first-order valence-corrected chi connectivity index (χ1v) is 7.80. The second-order valence-corrected chi connectivity index (χ2v) is 6.80. The molecule has 0 spiro atoms. The molecule has 1 amide bonds. The predicted octanol–water partition coefficient (Wildman–Crippen LogP) is 4.05. The van der Waals surface area contributed by atoms with Gasteiger partial charge >= 0.3 is 5.97 Å². The molecule has 1 heterocycles. The van der Waals surface area contributed by atoms with E-state index in [0.29, 0.717) is 10.2 Å². The molecule has 1 aromatic heterocycles. The minimum absolute atomic E-state index is 0.204. The second-order valence-electron chi connectivity index (χ2n) is 5.89. The monoisotopic (exact) mass is 376 g/mol. The van der Waals surface area contributed by atoms with Crippen LogP contribution in [-0.2, 0) is 4.74 Å². The first-order chi connectivity index (χ1) is 10.8. The number of carbonyl (C=O) groups is 2. The second kappa shape index (κ2) is 6.91. The van der Waals surface area contributed by atoms with Crippen LogP contribution in [0.2, 0.25) is 0 Å². The van der Waals surface area contributed by atoms with E-state index in [-0.39, 0.29) is 11.1 Å². The molecule has 0 aliphatic rings. The number of hydrogen-bond donors (Lipinski definition) is 1. The fourth-order valence-electron chi connectivity index (χ4n) is 1.85. The molecule has 0 saturated carbocycles. The van der Waals surface area contributed by atoms with Crippen molar-refractivity contribution >= 4 is 33.5 Å². The number of halogens is 1. The van der Waals surface area contributed by atoms with E-state index in [2.05, 4.69) is 26.2 Å². The van der Waals surface area contributed by atoms with Crippen LogP contribution in [0.25, 0.3) is 0 Å². The molecule has 2 aromatic rings. The van der Waals surface area contributed by atoms with Crippen molar-refractivity contribution in [1.29, 1.82) is 0 Å². The van der Waals surface area contributed by atoms with E-state index < -0.39 is 17.5 Å². The maximum Gasteiger partial charge on any atom is 0.339 e. The molecule has 120 valence electrons. The smallest absolute Gasteiger partial charge is 0.339 e. The van der Waals surface area contributed by atoms with Gasteiger partial charge in [-0.2, -0.15) is 0 Å². The molecule has 0 atom stereocenters. The van der Waals surface area contributed by atoms with Gasteiger partial charge in [-0.1, -0.05) is 15.9 Å². The van der Waals surface area contributed by atoms with Crippen LogP contribution in [0, 0.1) is 0 Å². The van der Waals surface area contributed by atoms with Crippen LogP contribution in [0.5, 0.6) is 0 Å². The highest BCUT2D eigenvalue weighted by Crippen LogP contribution is 2.21. The molecule has 23 heavy (non-hydrogen) atoms. The highest BCUT2D eigenvalue weighted by Gasteiger charge is 2.23. The highest BCUT2D eigenvalue weighted by molar-refractivity contribution is 9.10. The Balaban J connectivity index is 2.31. The number of nitrogens with zero attached hydrogens (tertiary/aromatic N) is 1. The van der Waals surface area contributed by atoms with Crippen molar-refractivity contribution in [3.63, 3.8) is 0 Å². The third kappa shape index (κ3) is 4.89. The summed E-state index contributed by atoms with van der Waals surface area (Å²) in [5, 5.41) is 2.71. The zero-order valence-corrected chi connectivity index (χ0v) is 14.7. The molecule has 1 aromatic carbocycles. The number of esters is 1. The van der Waals surface area contributed by atoms with Crippen LogP contribution in [0.3, 0.4) is 0 Å². The largest absolute Gasteiger partial charge is 0.456 e. The average molecular weight is 377 g/mol. The van der Waals surface area contributed by atoms with E-state index in [4.69, 9.17) is 4.74 Å². The van der Waals surface area contributed by atoms with Gasteiger partial charge in [0.2, 0.25) is 0 Å². The molecule has 0 fully saturated rings. The van der Waals surface area contributed by atoms with Crippen molar-refractivity contribution < 1.29 is 14.3 Å². The summed E-state index contributed by atoms with van der Waals surface area (Å²) in [6.07, 6.45) is 3.14. The van der Waals surface area contributed by atoms with Gasteiger partial charge in [-0.3, -0.25) is 9.78 Å². The van der Waals surface area contributed by atoms with E-state index in [9.17, 15) is 9.59 Å².